The van der Waals surface area contributed by atoms with Crippen molar-refractivity contribution in [2.24, 2.45) is 7.05 Å². The Kier molecular flexibility index (Phi) is 4.53. The van der Waals surface area contributed by atoms with Crippen LogP contribution >= 0.6 is 11.3 Å². The minimum Gasteiger partial charge on any atom is -0.333 e. The SMILES string of the molecule is Cc1nn(C)c(C)c1CC(=O)N1CCCCC1c1nc2ccccc2s1. The monoisotopic (exact) mass is 368 g/mol. The quantitative estimate of drug-likeness (QED) is 0.703. The Morgan fingerprint density at radius 2 is 2.08 bits per heavy atom. The summed E-state index contributed by atoms with van der Waals surface area (Å²) in [7, 11) is 1.93. The Balaban J connectivity index is 1.61. The van der Waals surface area contributed by atoms with Gasteiger partial charge in [-0.25, -0.2) is 4.98 Å². The smallest absolute Gasteiger partial charge is 0.227 e. The van der Waals surface area contributed by atoms with E-state index in [2.05, 4.69) is 11.2 Å². The molecule has 0 saturated carbocycles. The summed E-state index contributed by atoms with van der Waals surface area (Å²) in [4.78, 5) is 20.0. The third kappa shape index (κ3) is 3.03. The van der Waals surface area contributed by atoms with Gasteiger partial charge in [0.25, 0.3) is 0 Å². The third-order valence-corrected chi connectivity index (χ3v) is 6.54. The molecule has 1 aliphatic heterocycles. The van der Waals surface area contributed by atoms with Crippen LogP contribution in [0.2, 0.25) is 0 Å². The van der Waals surface area contributed by atoms with E-state index in [9.17, 15) is 4.79 Å². The molecule has 26 heavy (non-hydrogen) atoms. The van der Waals surface area contributed by atoms with Crippen molar-refractivity contribution < 1.29 is 4.79 Å². The normalized spacial score (nSPS) is 17.8. The van der Waals surface area contributed by atoms with Crippen LogP contribution in [0, 0.1) is 13.8 Å². The first-order chi connectivity index (χ1) is 12.5. The lowest BCUT2D eigenvalue weighted by Crippen LogP contribution is -2.39. The molecule has 0 radical (unpaired) electrons. The highest BCUT2D eigenvalue weighted by atomic mass is 32.1. The standard InChI is InChI=1S/C20H24N4OS/c1-13-15(14(2)23(3)22-13)12-19(25)24-11-7-6-9-17(24)20-21-16-8-4-5-10-18(16)26-20/h4-5,8,10,17H,6-7,9,11-12H2,1-3H3. The molecule has 4 rings (SSSR count). The first-order valence-corrected chi connectivity index (χ1v) is 10.00. The largest absolute Gasteiger partial charge is 0.333 e. The molecule has 6 heteroatoms. The molecule has 0 spiro atoms. The van der Waals surface area contributed by atoms with Gasteiger partial charge in [0.2, 0.25) is 5.91 Å². The Hall–Kier alpha value is -2.21. The average Bonchev–Trinajstić information content (AvgIpc) is 3.18. The van der Waals surface area contributed by atoms with Gasteiger partial charge in [-0.3, -0.25) is 9.48 Å². The van der Waals surface area contributed by atoms with Crippen LogP contribution in [-0.2, 0) is 18.3 Å². The average molecular weight is 369 g/mol. The Morgan fingerprint density at radius 3 is 2.81 bits per heavy atom. The van der Waals surface area contributed by atoms with E-state index in [0.29, 0.717) is 6.42 Å². The van der Waals surface area contributed by atoms with Crippen LogP contribution in [0.3, 0.4) is 0 Å². The number of nitrogens with zero attached hydrogens (tertiary/aromatic N) is 4. The molecular weight excluding hydrogens is 344 g/mol. The molecule has 1 saturated heterocycles. The van der Waals surface area contributed by atoms with Gasteiger partial charge in [0.15, 0.2) is 0 Å². The van der Waals surface area contributed by atoms with E-state index in [1.165, 1.54) is 4.70 Å². The van der Waals surface area contributed by atoms with Crippen LogP contribution in [0.1, 0.15) is 47.3 Å². The van der Waals surface area contributed by atoms with Crippen LogP contribution in [0.25, 0.3) is 10.2 Å². The van der Waals surface area contributed by atoms with Crippen molar-refractivity contribution >= 4 is 27.5 Å². The van der Waals surface area contributed by atoms with Gasteiger partial charge in [-0.05, 0) is 45.2 Å². The third-order valence-electron chi connectivity index (χ3n) is 5.41. The predicted molar refractivity (Wildman–Crippen MR) is 104 cm³/mol. The van der Waals surface area contributed by atoms with Gasteiger partial charge in [-0.15, -0.1) is 11.3 Å². The number of aryl methyl sites for hydroxylation is 2. The van der Waals surface area contributed by atoms with E-state index in [1.54, 1.807) is 11.3 Å². The first-order valence-electron chi connectivity index (χ1n) is 9.18. The number of para-hydroxylation sites is 1. The van der Waals surface area contributed by atoms with Gasteiger partial charge >= 0.3 is 0 Å². The van der Waals surface area contributed by atoms with Crippen LogP contribution < -0.4 is 0 Å². The van der Waals surface area contributed by atoms with Gasteiger partial charge in [0.1, 0.15) is 5.01 Å². The van der Waals surface area contributed by atoms with E-state index < -0.39 is 0 Å². The number of aromatic nitrogens is 3. The first kappa shape index (κ1) is 17.2. The zero-order valence-corrected chi connectivity index (χ0v) is 16.3. The maximum Gasteiger partial charge on any atom is 0.227 e. The second-order valence-electron chi connectivity index (χ2n) is 7.07. The Bertz CT molecular complexity index is 925. The molecule has 1 aromatic carbocycles. The van der Waals surface area contributed by atoms with E-state index >= 15 is 0 Å². The fourth-order valence-electron chi connectivity index (χ4n) is 3.85. The molecule has 136 valence electrons. The molecule has 0 N–H and O–H groups in total. The number of rotatable bonds is 3. The maximum absolute atomic E-state index is 13.1. The second kappa shape index (κ2) is 6.83. The number of piperidine rings is 1. The number of likely N-dealkylation sites (tertiary alicyclic amines) is 1. The summed E-state index contributed by atoms with van der Waals surface area (Å²) in [6, 6.07) is 8.32. The van der Waals surface area contributed by atoms with Crippen molar-refractivity contribution in [2.75, 3.05) is 6.54 Å². The Morgan fingerprint density at radius 1 is 1.27 bits per heavy atom. The molecule has 5 nitrogen and oxygen atoms in total. The van der Waals surface area contributed by atoms with Gasteiger partial charge in [-0.1, -0.05) is 12.1 Å². The zero-order valence-electron chi connectivity index (χ0n) is 15.5. The summed E-state index contributed by atoms with van der Waals surface area (Å²) >= 11 is 1.72. The highest BCUT2D eigenvalue weighted by Crippen LogP contribution is 2.36. The minimum atomic E-state index is 0.103. The summed E-state index contributed by atoms with van der Waals surface area (Å²) in [5.74, 6) is 0.188. The molecule has 1 unspecified atom stereocenters. The molecular formula is C20H24N4OS. The molecule has 1 amide bonds. The van der Waals surface area contributed by atoms with Gasteiger partial charge in [0.05, 0.1) is 28.4 Å². The second-order valence-corrected chi connectivity index (χ2v) is 8.13. The van der Waals surface area contributed by atoms with E-state index in [0.717, 1.165) is 53.3 Å². The molecule has 3 aromatic rings. The summed E-state index contributed by atoms with van der Waals surface area (Å²) in [6.07, 6.45) is 3.64. The lowest BCUT2D eigenvalue weighted by atomic mass is 10.0. The van der Waals surface area contributed by atoms with Crippen LogP contribution in [0.5, 0.6) is 0 Å². The van der Waals surface area contributed by atoms with Gasteiger partial charge < -0.3 is 4.90 Å². The molecule has 1 aliphatic rings. The molecule has 1 fully saturated rings. The molecule has 0 bridgehead atoms. The van der Waals surface area contributed by atoms with Crippen LogP contribution in [0.15, 0.2) is 24.3 Å². The van der Waals surface area contributed by atoms with Crippen molar-refractivity contribution in [3.63, 3.8) is 0 Å². The van der Waals surface area contributed by atoms with Gasteiger partial charge in [0, 0.05) is 24.8 Å². The lowest BCUT2D eigenvalue weighted by Gasteiger charge is -2.34. The maximum atomic E-state index is 13.1. The zero-order chi connectivity index (χ0) is 18.3. The Labute approximate surface area is 157 Å². The minimum absolute atomic E-state index is 0.103. The van der Waals surface area contributed by atoms with E-state index in [-0.39, 0.29) is 11.9 Å². The lowest BCUT2D eigenvalue weighted by molar-refractivity contribution is -0.134. The fourth-order valence-corrected chi connectivity index (χ4v) is 4.96. The van der Waals surface area contributed by atoms with Crippen molar-refractivity contribution in [1.82, 2.24) is 19.7 Å². The molecule has 2 aromatic heterocycles. The number of fused-ring (bicyclic) bond motifs is 1. The number of hydrogen-bond donors (Lipinski definition) is 0. The molecule has 3 heterocycles. The van der Waals surface area contributed by atoms with Crippen molar-refractivity contribution in [3.8, 4) is 0 Å². The number of carbonyl (C=O) groups excluding carboxylic acids is 1. The summed E-state index contributed by atoms with van der Waals surface area (Å²) in [5.41, 5.74) is 4.12. The van der Waals surface area contributed by atoms with Crippen LogP contribution in [-0.4, -0.2) is 32.1 Å². The number of amides is 1. The van der Waals surface area contributed by atoms with Gasteiger partial charge in [-0.2, -0.15) is 5.10 Å². The number of hydrogen-bond acceptors (Lipinski definition) is 4. The predicted octanol–water partition coefficient (Wildman–Crippen LogP) is 3.94. The van der Waals surface area contributed by atoms with E-state index in [1.807, 2.05) is 48.7 Å². The van der Waals surface area contributed by atoms with Crippen molar-refractivity contribution in [2.45, 2.75) is 45.6 Å². The number of benzene rings is 1. The number of carbonyl (C=O) groups is 1. The molecule has 0 aliphatic carbocycles. The summed E-state index contributed by atoms with van der Waals surface area (Å²) in [5, 5.41) is 5.52. The topological polar surface area (TPSA) is 51.0 Å². The highest BCUT2D eigenvalue weighted by molar-refractivity contribution is 7.18. The molecule has 1 atom stereocenters. The van der Waals surface area contributed by atoms with Crippen molar-refractivity contribution in [1.29, 1.82) is 0 Å². The summed E-state index contributed by atoms with van der Waals surface area (Å²) in [6.45, 7) is 4.83. The van der Waals surface area contributed by atoms with Crippen molar-refractivity contribution in [3.05, 3.63) is 46.2 Å². The van der Waals surface area contributed by atoms with E-state index in [4.69, 9.17) is 4.98 Å². The summed E-state index contributed by atoms with van der Waals surface area (Å²) < 4.78 is 3.05. The number of thiazole rings is 1. The highest BCUT2D eigenvalue weighted by Gasteiger charge is 2.31. The fraction of sp³-hybridized carbons (Fsp3) is 0.450. The van der Waals surface area contributed by atoms with Crippen LogP contribution in [0.4, 0.5) is 0 Å².